The maximum atomic E-state index is 11.7. The van der Waals surface area contributed by atoms with E-state index in [0.717, 1.165) is 0 Å². The van der Waals surface area contributed by atoms with Crippen LogP contribution in [0.3, 0.4) is 0 Å². The molecule has 0 aromatic rings. The molecule has 0 heterocycles. The summed E-state index contributed by atoms with van der Waals surface area (Å²) in [6, 6.07) is -0.558. The van der Waals surface area contributed by atoms with Crippen molar-refractivity contribution in [2.24, 2.45) is 11.7 Å². The predicted octanol–water partition coefficient (Wildman–Crippen LogP) is 2.07. The van der Waals surface area contributed by atoms with Crippen molar-refractivity contribution >= 4 is 22.8 Å². The summed E-state index contributed by atoms with van der Waals surface area (Å²) in [5, 5.41) is 0. The molecule has 0 aliphatic heterocycles. The number of rotatable bonds is 5. The zero-order valence-corrected chi connectivity index (χ0v) is 13.5. The van der Waals surface area contributed by atoms with Gasteiger partial charge >= 0.3 is 14.5 Å². The molecule has 2 N–H and O–H groups in total. The van der Waals surface area contributed by atoms with Crippen LogP contribution in [0.1, 0.15) is 13.8 Å². The van der Waals surface area contributed by atoms with Gasteiger partial charge in [-0.2, -0.15) is 0 Å². The summed E-state index contributed by atoms with van der Waals surface area (Å²) in [5.41, 5.74) is 5.73. The molecule has 0 rings (SSSR count). The van der Waals surface area contributed by atoms with Gasteiger partial charge in [-0.3, -0.25) is 4.79 Å². The average Bonchev–Trinajstić information content (AvgIpc) is 1.96. The lowest BCUT2D eigenvalue weighted by atomic mass is 10.1. The van der Waals surface area contributed by atoms with E-state index in [1.807, 2.05) is 26.9 Å². The van der Waals surface area contributed by atoms with Gasteiger partial charge in [0, 0.05) is 0 Å². The predicted molar refractivity (Wildman–Crippen MR) is 70.8 cm³/mol. The smallest absolute Gasteiger partial charge is 0.385 e. The van der Waals surface area contributed by atoms with E-state index in [1.165, 1.54) is 0 Å². The van der Waals surface area contributed by atoms with Crippen LogP contribution < -0.4 is 5.73 Å². The van der Waals surface area contributed by atoms with Gasteiger partial charge in [0.05, 0.1) is 0 Å². The first-order valence-electron chi connectivity index (χ1n) is 5.63. The molecule has 1 unspecified atom stereocenters. The number of hydrogen-bond acceptors (Lipinski definition) is 4. The molecule has 0 fully saturated rings. The Labute approximate surface area is 101 Å². The summed E-state index contributed by atoms with van der Waals surface area (Å²) in [4.78, 5) is 11.7. The minimum Gasteiger partial charge on any atom is -0.494 e. The van der Waals surface area contributed by atoms with Crippen LogP contribution >= 0.6 is 0 Å². The van der Waals surface area contributed by atoms with Gasteiger partial charge in [0.2, 0.25) is 0 Å². The highest BCUT2D eigenvalue weighted by Crippen LogP contribution is 2.16. The van der Waals surface area contributed by atoms with E-state index in [9.17, 15) is 4.79 Å². The van der Waals surface area contributed by atoms with Crippen LogP contribution in [0, 0.1) is 5.92 Å². The number of hydrogen-bond donors (Lipinski definition) is 1. The lowest BCUT2D eigenvalue weighted by Gasteiger charge is -2.31. The van der Waals surface area contributed by atoms with E-state index in [2.05, 4.69) is 19.6 Å². The van der Waals surface area contributed by atoms with Gasteiger partial charge in [0.1, 0.15) is 6.04 Å². The lowest BCUT2D eigenvalue weighted by molar-refractivity contribution is -0.138. The SMILES string of the molecule is CC(C)C(N)C(=O)O[Si](C)(C)O[Si](C)(C)C. The van der Waals surface area contributed by atoms with Crippen LogP contribution in [0.15, 0.2) is 0 Å². The molecule has 16 heavy (non-hydrogen) atoms. The summed E-state index contributed by atoms with van der Waals surface area (Å²) < 4.78 is 11.3. The number of nitrogens with two attached hydrogens (primary N) is 1. The Morgan fingerprint density at radius 3 is 1.88 bits per heavy atom. The third kappa shape index (κ3) is 6.42. The molecule has 0 spiro atoms. The molecule has 0 radical (unpaired) electrons. The van der Waals surface area contributed by atoms with Crippen LogP contribution in [-0.4, -0.2) is 28.9 Å². The average molecular weight is 263 g/mol. The normalized spacial score (nSPS) is 15.1. The maximum Gasteiger partial charge on any atom is 0.385 e. The maximum absolute atomic E-state index is 11.7. The van der Waals surface area contributed by atoms with Crippen molar-refractivity contribution in [2.45, 2.75) is 52.6 Å². The van der Waals surface area contributed by atoms with Crippen molar-refractivity contribution in [2.75, 3.05) is 0 Å². The zero-order chi connectivity index (χ0) is 13.1. The van der Waals surface area contributed by atoms with Crippen molar-refractivity contribution < 1.29 is 13.3 Å². The highest BCUT2D eigenvalue weighted by molar-refractivity contribution is 6.81. The van der Waals surface area contributed by atoms with Crippen LogP contribution in [0.2, 0.25) is 32.7 Å². The molecule has 0 aromatic heterocycles. The van der Waals surface area contributed by atoms with Crippen molar-refractivity contribution in [3.05, 3.63) is 0 Å². The van der Waals surface area contributed by atoms with Gasteiger partial charge < -0.3 is 14.3 Å². The Hall–Kier alpha value is -0.176. The summed E-state index contributed by atoms with van der Waals surface area (Å²) >= 11 is 0. The van der Waals surface area contributed by atoms with Crippen molar-refractivity contribution in [1.82, 2.24) is 0 Å². The van der Waals surface area contributed by atoms with Crippen LogP contribution in [0.25, 0.3) is 0 Å². The standard InChI is InChI=1S/C10H25NO3Si2/c1-8(2)9(11)10(12)13-16(6,7)14-15(3,4)5/h8-9H,11H2,1-7H3. The number of carbonyl (C=O) groups excluding carboxylic acids is 1. The van der Waals surface area contributed by atoms with E-state index in [1.54, 1.807) is 0 Å². The Balaban J connectivity index is 4.42. The third-order valence-electron chi connectivity index (χ3n) is 1.89. The quantitative estimate of drug-likeness (QED) is 0.771. The summed E-state index contributed by atoms with van der Waals surface area (Å²) in [5.74, 6) is -0.255. The Morgan fingerprint density at radius 1 is 1.12 bits per heavy atom. The van der Waals surface area contributed by atoms with E-state index >= 15 is 0 Å². The van der Waals surface area contributed by atoms with Gasteiger partial charge in [-0.15, -0.1) is 0 Å². The first kappa shape index (κ1) is 15.8. The van der Waals surface area contributed by atoms with Gasteiger partial charge in [-0.25, -0.2) is 0 Å². The van der Waals surface area contributed by atoms with Crippen molar-refractivity contribution in [3.8, 4) is 0 Å². The van der Waals surface area contributed by atoms with E-state index in [0.29, 0.717) is 0 Å². The molecule has 0 amide bonds. The van der Waals surface area contributed by atoms with Gasteiger partial charge in [0.25, 0.3) is 0 Å². The minimum absolute atomic E-state index is 0.0872. The molecule has 6 heteroatoms. The fourth-order valence-electron chi connectivity index (χ4n) is 1.34. The second-order valence-electron chi connectivity index (χ2n) is 5.81. The van der Waals surface area contributed by atoms with Crippen LogP contribution in [-0.2, 0) is 13.3 Å². The van der Waals surface area contributed by atoms with E-state index in [4.69, 9.17) is 14.3 Å². The summed E-state index contributed by atoms with van der Waals surface area (Å²) in [7, 11) is -4.06. The molecule has 1 atom stereocenters. The Kier molecular flexibility index (Phi) is 5.38. The fraction of sp³-hybridized carbons (Fsp3) is 0.900. The van der Waals surface area contributed by atoms with E-state index < -0.39 is 22.9 Å². The molecule has 0 saturated heterocycles. The highest BCUT2D eigenvalue weighted by Gasteiger charge is 2.36. The molecule has 0 saturated carbocycles. The molecule has 96 valence electrons. The largest absolute Gasteiger partial charge is 0.494 e. The molecule has 0 aromatic carbocycles. The van der Waals surface area contributed by atoms with Gasteiger partial charge in [-0.1, -0.05) is 13.8 Å². The van der Waals surface area contributed by atoms with Crippen molar-refractivity contribution in [3.63, 3.8) is 0 Å². The molecular weight excluding hydrogens is 238 g/mol. The van der Waals surface area contributed by atoms with E-state index in [-0.39, 0.29) is 11.9 Å². The minimum atomic E-state index is -2.38. The summed E-state index contributed by atoms with van der Waals surface area (Å²) in [6.07, 6.45) is 0. The molecule has 4 nitrogen and oxygen atoms in total. The highest BCUT2D eigenvalue weighted by atomic mass is 28.4. The molecular formula is C10H25NO3Si2. The lowest BCUT2D eigenvalue weighted by Crippen LogP contribution is -2.49. The first-order chi connectivity index (χ1) is 6.94. The monoisotopic (exact) mass is 263 g/mol. The van der Waals surface area contributed by atoms with Crippen molar-refractivity contribution in [1.29, 1.82) is 0 Å². The first-order valence-corrected chi connectivity index (χ1v) is 11.9. The second kappa shape index (κ2) is 5.44. The Bertz CT molecular complexity index is 249. The molecule has 0 aliphatic rings. The number of carbonyl (C=O) groups is 1. The topological polar surface area (TPSA) is 61.6 Å². The van der Waals surface area contributed by atoms with Crippen LogP contribution in [0.5, 0.6) is 0 Å². The molecule has 0 aliphatic carbocycles. The molecule has 0 bridgehead atoms. The zero-order valence-electron chi connectivity index (χ0n) is 11.5. The van der Waals surface area contributed by atoms with Gasteiger partial charge in [-0.05, 0) is 38.7 Å². The summed E-state index contributed by atoms with van der Waals surface area (Å²) in [6.45, 7) is 13.8. The van der Waals surface area contributed by atoms with Crippen LogP contribution in [0.4, 0.5) is 0 Å². The van der Waals surface area contributed by atoms with Gasteiger partial charge in [0.15, 0.2) is 8.32 Å². The third-order valence-corrected chi connectivity index (χ3v) is 7.00. The Morgan fingerprint density at radius 2 is 1.56 bits per heavy atom. The fourth-order valence-corrected chi connectivity index (χ4v) is 8.03. The second-order valence-corrected chi connectivity index (χ2v) is 13.9.